The molecule has 1 aromatic carbocycles. The number of hydrogen-bond acceptors (Lipinski definition) is 5. The second kappa shape index (κ2) is 8.35. The van der Waals surface area contributed by atoms with E-state index in [1.807, 2.05) is 42.5 Å². The molecular formula is C20H21N3O4. The molecule has 3 aromatic rings. The van der Waals surface area contributed by atoms with Gasteiger partial charge in [-0.2, -0.15) is 0 Å². The van der Waals surface area contributed by atoms with Crippen LogP contribution in [0.25, 0.3) is 0 Å². The van der Waals surface area contributed by atoms with Gasteiger partial charge in [-0.05, 0) is 36.8 Å². The van der Waals surface area contributed by atoms with Crippen molar-refractivity contribution in [2.45, 2.75) is 25.9 Å². The average Bonchev–Trinajstić information content (AvgIpc) is 3.03. The van der Waals surface area contributed by atoms with Gasteiger partial charge in [0, 0.05) is 23.4 Å². The van der Waals surface area contributed by atoms with Gasteiger partial charge in [0.25, 0.3) is 5.56 Å². The summed E-state index contributed by atoms with van der Waals surface area (Å²) >= 11 is 0. The molecule has 7 heteroatoms. The number of nitrogens with one attached hydrogen (secondary N) is 2. The lowest BCUT2D eigenvalue weighted by atomic mass is 9.88. The lowest BCUT2D eigenvalue weighted by Gasteiger charge is -2.16. The van der Waals surface area contributed by atoms with E-state index in [9.17, 15) is 9.59 Å². The third-order valence-electron chi connectivity index (χ3n) is 4.33. The Balaban J connectivity index is 1.88. The van der Waals surface area contributed by atoms with Crippen LogP contribution in [0.3, 0.4) is 0 Å². The number of rotatable bonds is 7. The Hall–Kier alpha value is -3.35. The van der Waals surface area contributed by atoms with Crippen molar-refractivity contribution in [3.05, 3.63) is 81.5 Å². The fraction of sp³-hybridized carbons (Fsp3) is 0.250. The molecule has 0 aliphatic heterocycles. The minimum absolute atomic E-state index is 0.0575. The van der Waals surface area contributed by atoms with Gasteiger partial charge in [-0.25, -0.2) is 0 Å². The first-order valence-electron chi connectivity index (χ1n) is 8.55. The monoisotopic (exact) mass is 367 g/mol. The highest BCUT2D eigenvalue weighted by atomic mass is 16.5. The van der Waals surface area contributed by atoms with E-state index in [4.69, 9.17) is 9.47 Å². The predicted molar refractivity (Wildman–Crippen MR) is 99.6 cm³/mol. The van der Waals surface area contributed by atoms with Crippen LogP contribution in [-0.2, 0) is 16.1 Å². The minimum Gasteiger partial charge on any atom is -0.487 e. The zero-order valence-corrected chi connectivity index (χ0v) is 15.2. The number of carbonyl (C=O) groups excluding carboxylic acids is 1. The van der Waals surface area contributed by atoms with Crippen molar-refractivity contribution >= 4 is 5.97 Å². The molecule has 0 fully saturated rings. The number of methoxy groups -OCH3 is 1. The minimum atomic E-state index is -0.439. The van der Waals surface area contributed by atoms with Crippen LogP contribution in [0.2, 0.25) is 0 Å². The zero-order chi connectivity index (χ0) is 19.2. The fourth-order valence-corrected chi connectivity index (χ4v) is 2.97. The SMILES string of the molecule is COC(=O)CC(c1cccc(OCc2ccccn2)c1)c1c(C)[nH][nH]c1=O. The van der Waals surface area contributed by atoms with E-state index in [1.165, 1.54) is 7.11 Å². The van der Waals surface area contributed by atoms with Crippen molar-refractivity contribution in [2.24, 2.45) is 0 Å². The molecule has 0 aliphatic carbocycles. The lowest BCUT2D eigenvalue weighted by Crippen LogP contribution is -2.17. The molecule has 3 rings (SSSR count). The van der Waals surface area contributed by atoms with Gasteiger partial charge >= 0.3 is 5.97 Å². The Bertz CT molecular complexity index is 963. The van der Waals surface area contributed by atoms with Gasteiger partial charge in [-0.1, -0.05) is 18.2 Å². The molecule has 0 aliphatic rings. The smallest absolute Gasteiger partial charge is 0.306 e. The summed E-state index contributed by atoms with van der Waals surface area (Å²) in [5.41, 5.74) is 2.57. The van der Waals surface area contributed by atoms with Crippen LogP contribution in [0.15, 0.2) is 53.5 Å². The average molecular weight is 367 g/mol. The van der Waals surface area contributed by atoms with Gasteiger partial charge in [0.05, 0.1) is 19.2 Å². The van der Waals surface area contributed by atoms with E-state index < -0.39 is 5.92 Å². The molecule has 2 heterocycles. The van der Waals surface area contributed by atoms with Crippen LogP contribution in [0.1, 0.15) is 34.9 Å². The lowest BCUT2D eigenvalue weighted by molar-refractivity contribution is -0.140. The maximum absolute atomic E-state index is 12.2. The fourth-order valence-electron chi connectivity index (χ4n) is 2.97. The Labute approximate surface area is 156 Å². The Kier molecular flexibility index (Phi) is 5.71. The van der Waals surface area contributed by atoms with Crippen molar-refractivity contribution in [3.8, 4) is 5.75 Å². The van der Waals surface area contributed by atoms with Crippen LogP contribution in [0, 0.1) is 6.92 Å². The van der Waals surface area contributed by atoms with Gasteiger partial charge in [0.15, 0.2) is 0 Å². The molecule has 1 atom stereocenters. The van der Waals surface area contributed by atoms with Gasteiger partial charge in [0.2, 0.25) is 0 Å². The molecule has 0 radical (unpaired) electrons. The highest BCUT2D eigenvalue weighted by Gasteiger charge is 2.24. The first kappa shape index (κ1) is 18.4. The second-order valence-corrected chi connectivity index (χ2v) is 6.13. The second-order valence-electron chi connectivity index (χ2n) is 6.13. The van der Waals surface area contributed by atoms with E-state index in [0.29, 0.717) is 23.6 Å². The van der Waals surface area contributed by atoms with Crippen molar-refractivity contribution in [2.75, 3.05) is 7.11 Å². The van der Waals surface area contributed by atoms with E-state index in [0.717, 1.165) is 11.3 Å². The first-order chi connectivity index (χ1) is 13.1. The molecule has 0 saturated heterocycles. The highest BCUT2D eigenvalue weighted by Crippen LogP contribution is 2.30. The first-order valence-corrected chi connectivity index (χ1v) is 8.55. The van der Waals surface area contributed by atoms with Crippen LogP contribution in [0.4, 0.5) is 0 Å². The number of nitrogens with zero attached hydrogens (tertiary/aromatic N) is 1. The van der Waals surface area contributed by atoms with Gasteiger partial charge in [-0.3, -0.25) is 19.7 Å². The van der Waals surface area contributed by atoms with E-state index in [1.54, 1.807) is 13.1 Å². The number of ether oxygens (including phenoxy) is 2. The number of pyridine rings is 1. The number of esters is 1. The molecule has 0 saturated carbocycles. The molecule has 1 unspecified atom stereocenters. The van der Waals surface area contributed by atoms with Crippen LogP contribution < -0.4 is 10.3 Å². The summed E-state index contributed by atoms with van der Waals surface area (Å²) in [4.78, 5) is 28.4. The third kappa shape index (κ3) is 4.44. The molecule has 0 spiro atoms. The number of aryl methyl sites for hydroxylation is 1. The summed E-state index contributed by atoms with van der Waals surface area (Å²) in [5.74, 6) is -0.191. The Morgan fingerprint density at radius 2 is 2.04 bits per heavy atom. The number of benzene rings is 1. The molecule has 2 aromatic heterocycles. The Morgan fingerprint density at radius 1 is 1.19 bits per heavy atom. The topological polar surface area (TPSA) is 97.1 Å². The maximum Gasteiger partial charge on any atom is 0.306 e. The zero-order valence-electron chi connectivity index (χ0n) is 15.2. The molecule has 7 nitrogen and oxygen atoms in total. The molecular weight excluding hydrogens is 346 g/mol. The summed E-state index contributed by atoms with van der Waals surface area (Å²) in [6.07, 6.45) is 1.77. The summed E-state index contributed by atoms with van der Waals surface area (Å²) in [5, 5.41) is 5.38. The standard InChI is InChI=1S/C20H21N3O4/c1-13-19(20(25)23-22-13)17(11-18(24)26-2)14-6-5-8-16(10-14)27-12-15-7-3-4-9-21-15/h3-10,17H,11-12H2,1-2H3,(H2,22,23,25). The number of aromatic nitrogens is 3. The van der Waals surface area contributed by atoms with Gasteiger partial charge < -0.3 is 14.6 Å². The summed E-state index contributed by atoms with van der Waals surface area (Å²) in [7, 11) is 1.33. The molecule has 27 heavy (non-hydrogen) atoms. The number of H-pyrrole nitrogens is 2. The van der Waals surface area contributed by atoms with Crippen molar-refractivity contribution in [1.82, 2.24) is 15.2 Å². The van der Waals surface area contributed by atoms with E-state index >= 15 is 0 Å². The van der Waals surface area contributed by atoms with Crippen LogP contribution in [-0.4, -0.2) is 28.3 Å². The van der Waals surface area contributed by atoms with Crippen LogP contribution in [0.5, 0.6) is 5.75 Å². The van der Waals surface area contributed by atoms with Crippen molar-refractivity contribution in [1.29, 1.82) is 0 Å². The van der Waals surface area contributed by atoms with E-state index in [2.05, 4.69) is 15.2 Å². The molecule has 0 bridgehead atoms. The summed E-state index contributed by atoms with van der Waals surface area (Å²) in [6.45, 7) is 2.12. The number of carbonyl (C=O) groups is 1. The normalized spacial score (nSPS) is 11.8. The number of aromatic amines is 2. The summed E-state index contributed by atoms with van der Waals surface area (Å²) < 4.78 is 10.6. The Morgan fingerprint density at radius 3 is 2.70 bits per heavy atom. The summed E-state index contributed by atoms with van der Waals surface area (Å²) in [6, 6.07) is 13.0. The molecule has 0 amide bonds. The molecule has 140 valence electrons. The predicted octanol–water partition coefficient (Wildman–Crippen LogP) is 2.68. The van der Waals surface area contributed by atoms with Gasteiger partial charge in [-0.15, -0.1) is 0 Å². The molecule has 2 N–H and O–H groups in total. The van der Waals surface area contributed by atoms with Crippen LogP contribution >= 0.6 is 0 Å². The quantitative estimate of drug-likeness (QED) is 0.626. The number of hydrogen-bond donors (Lipinski definition) is 2. The maximum atomic E-state index is 12.2. The highest BCUT2D eigenvalue weighted by molar-refractivity contribution is 5.71. The third-order valence-corrected chi connectivity index (χ3v) is 4.33. The largest absolute Gasteiger partial charge is 0.487 e. The van der Waals surface area contributed by atoms with Crippen molar-refractivity contribution < 1.29 is 14.3 Å². The van der Waals surface area contributed by atoms with Gasteiger partial charge in [0.1, 0.15) is 12.4 Å². The van der Waals surface area contributed by atoms with Crippen molar-refractivity contribution in [3.63, 3.8) is 0 Å². The van der Waals surface area contributed by atoms with E-state index in [-0.39, 0.29) is 17.9 Å².